The second-order valence-electron chi connectivity index (χ2n) is 1.09. The molecule has 4 heteroatoms. The number of rotatable bonds is 2. The van der Waals surface area contributed by atoms with Crippen molar-refractivity contribution in [3.8, 4) is 0 Å². The van der Waals surface area contributed by atoms with Crippen molar-refractivity contribution >= 4 is 26.7 Å². The Balaban J connectivity index is 3.13. The number of halogens is 3. The van der Waals surface area contributed by atoms with Crippen LogP contribution >= 0.6 is 21.0 Å². The van der Waals surface area contributed by atoms with Crippen molar-refractivity contribution in [1.82, 2.24) is 0 Å². The van der Waals surface area contributed by atoms with Gasteiger partial charge in [-0.25, -0.2) is 0 Å². The molecule has 0 bridgehead atoms. The van der Waals surface area contributed by atoms with Crippen LogP contribution in [0.15, 0.2) is 0 Å². The minimum absolute atomic E-state index is 0.393. The van der Waals surface area contributed by atoms with Crippen LogP contribution in [0, 0.1) is 0 Å². The van der Waals surface area contributed by atoms with Crippen LogP contribution in [0.4, 0.5) is 5.72 Å². The zero-order valence-electron chi connectivity index (χ0n) is 3.75. The van der Waals surface area contributed by atoms with Gasteiger partial charge in [0.1, 0.15) is 0 Å². The van der Waals surface area contributed by atoms with Gasteiger partial charge in [-0.3, -0.25) is 0 Å². The van der Waals surface area contributed by atoms with E-state index in [0.717, 1.165) is 0 Å². The Morgan fingerprint density at radius 2 is 2.14 bits per heavy atom. The Morgan fingerprint density at radius 1 is 1.71 bits per heavy atom. The van der Waals surface area contributed by atoms with Gasteiger partial charge in [0.15, 0.2) is 0 Å². The van der Waals surface area contributed by atoms with Gasteiger partial charge < -0.3 is 0 Å². The molecule has 0 atom stereocenters. The number of carbonyl (C=O) groups is 1. The summed E-state index contributed by atoms with van der Waals surface area (Å²) in [6.45, 7) is 1.18. The quantitative estimate of drug-likeness (QED) is 0.514. The molecule has 0 aromatic carbocycles. The number of alkyl halides is 1. The molecule has 44 valence electrons. The predicted molar refractivity (Wildman–Crippen MR) is 31.8 cm³/mol. The molecule has 0 aromatic heterocycles. The first-order valence-corrected chi connectivity index (χ1v) is 4.77. The fourth-order valence-corrected chi connectivity index (χ4v) is 0.954. The van der Waals surface area contributed by atoms with Gasteiger partial charge in [-0.05, 0) is 0 Å². The van der Waals surface area contributed by atoms with Crippen LogP contribution in [-0.4, -0.2) is 10.2 Å². The van der Waals surface area contributed by atoms with Gasteiger partial charge in [0.25, 0.3) is 0 Å². The summed E-state index contributed by atoms with van der Waals surface area (Å²) in [6, 6.07) is 0. The van der Waals surface area contributed by atoms with Crippen molar-refractivity contribution in [3.05, 3.63) is 0 Å². The SMILES string of the molecule is CC(=O)CI(F)F. The van der Waals surface area contributed by atoms with E-state index < -0.39 is 31.2 Å². The van der Waals surface area contributed by atoms with Crippen LogP contribution in [-0.2, 0) is 4.79 Å². The zero-order chi connectivity index (χ0) is 5.86. The molecule has 0 saturated carbocycles. The van der Waals surface area contributed by atoms with Crippen molar-refractivity contribution in [2.24, 2.45) is 0 Å². The van der Waals surface area contributed by atoms with E-state index in [1.807, 2.05) is 0 Å². The first-order valence-electron chi connectivity index (χ1n) is 1.61. The normalized spacial score (nSPS) is 11.0. The molecule has 0 spiro atoms. The third-order valence-electron chi connectivity index (χ3n) is 0.289. The molecule has 0 fully saturated rings. The van der Waals surface area contributed by atoms with Gasteiger partial charge >= 0.3 is 48.6 Å². The molecule has 0 N–H and O–H groups in total. The maximum absolute atomic E-state index is 11.2. The topological polar surface area (TPSA) is 17.1 Å². The monoisotopic (exact) mass is 222 g/mol. The molecule has 0 heterocycles. The van der Waals surface area contributed by atoms with Gasteiger partial charge in [0, 0.05) is 0 Å². The van der Waals surface area contributed by atoms with Crippen molar-refractivity contribution in [2.75, 3.05) is 4.43 Å². The molecule has 0 rings (SSSR count). The van der Waals surface area contributed by atoms with Crippen molar-refractivity contribution in [3.63, 3.8) is 0 Å². The van der Waals surface area contributed by atoms with Crippen LogP contribution in [0.5, 0.6) is 0 Å². The third-order valence-corrected chi connectivity index (χ3v) is 1.94. The molecular weight excluding hydrogens is 217 g/mol. The number of hydrogen-bond acceptors (Lipinski definition) is 1. The summed E-state index contributed by atoms with van der Waals surface area (Å²) in [5.74, 6) is -0.393. The first kappa shape index (κ1) is 7.26. The van der Waals surface area contributed by atoms with Crippen LogP contribution < -0.4 is 0 Å². The molecule has 0 amide bonds. The summed E-state index contributed by atoms with van der Waals surface area (Å²) >= 11 is -3.72. The Labute approximate surface area is 49.0 Å². The fraction of sp³-hybridized carbons (Fsp3) is 0.667. The van der Waals surface area contributed by atoms with E-state index in [-0.39, 0.29) is 0 Å². The Bertz CT molecular complexity index is 73.3. The van der Waals surface area contributed by atoms with Gasteiger partial charge in [-0.1, -0.05) is 0 Å². The zero-order valence-corrected chi connectivity index (χ0v) is 5.91. The van der Waals surface area contributed by atoms with E-state index in [1.54, 1.807) is 0 Å². The number of Topliss-reactive ketones (excluding diaryl/α,β-unsaturated/α-hetero) is 1. The molecule has 0 unspecified atom stereocenters. The summed E-state index contributed by atoms with van der Waals surface area (Å²) < 4.78 is 22.0. The molecule has 0 radical (unpaired) electrons. The van der Waals surface area contributed by atoms with Crippen LogP contribution in [0.1, 0.15) is 6.92 Å². The summed E-state index contributed by atoms with van der Waals surface area (Å²) in [5.41, 5.74) is 0. The summed E-state index contributed by atoms with van der Waals surface area (Å²) in [5, 5.41) is 0. The van der Waals surface area contributed by atoms with Crippen LogP contribution in [0.25, 0.3) is 0 Å². The first-order chi connectivity index (χ1) is 3.13. The second-order valence-corrected chi connectivity index (χ2v) is 3.32. The Kier molecular flexibility index (Phi) is 3.41. The summed E-state index contributed by atoms with van der Waals surface area (Å²) in [6.07, 6.45) is 0. The molecule has 0 aliphatic heterocycles. The van der Waals surface area contributed by atoms with Gasteiger partial charge in [0.2, 0.25) is 0 Å². The van der Waals surface area contributed by atoms with E-state index in [0.29, 0.717) is 0 Å². The number of hydrogen-bond donors (Lipinski definition) is 0. The average Bonchev–Trinajstić information content (AvgIpc) is 1.27. The Morgan fingerprint density at radius 3 is 2.14 bits per heavy atom. The van der Waals surface area contributed by atoms with Crippen molar-refractivity contribution < 1.29 is 10.5 Å². The molecule has 0 aromatic rings. The third kappa shape index (κ3) is 6.26. The van der Waals surface area contributed by atoms with Crippen molar-refractivity contribution in [1.29, 1.82) is 0 Å². The second kappa shape index (κ2) is 3.29. The van der Waals surface area contributed by atoms with Gasteiger partial charge in [-0.15, -0.1) is 0 Å². The van der Waals surface area contributed by atoms with Gasteiger partial charge in [0.05, 0.1) is 0 Å². The molecule has 0 saturated heterocycles. The fourth-order valence-electron chi connectivity index (χ4n) is 0.142. The van der Waals surface area contributed by atoms with Crippen LogP contribution in [0.2, 0.25) is 0 Å². The van der Waals surface area contributed by atoms with E-state index in [1.165, 1.54) is 6.92 Å². The van der Waals surface area contributed by atoms with E-state index in [2.05, 4.69) is 0 Å². The van der Waals surface area contributed by atoms with Gasteiger partial charge in [-0.2, -0.15) is 0 Å². The van der Waals surface area contributed by atoms with E-state index in [9.17, 15) is 10.5 Å². The summed E-state index contributed by atoms with van der Waals surface area (Å²) in [4.78, 5) is 9.81. The maximum atomic E-state index is 11.2. The standard InChI is InChI=1S/C3H5F2IO/c1-3(7)2-6(4)5/h2H2,1H3. The minimum atomic E-state index is -3.72. The van der Waals surface area contributed by atoms with Crippen LogP contribution in [0.3, 0.4) is 0 Å². The molecule has 0 aliphatic rings. The number of carbonyl (C=O) groups excluding carboxylic acids is 1. The molecule has 1 nitrogen and oxygen atoms in total. The van der Waals surface area contributed by atoms with E-state index in [4.69, 9.17) is 0 Å². The Hall–Kier alpha value is 0.260. The predicted octanol–water partition coefficient (Wildman–Crippen LogP) is 1.85. The van der Waals surface area contributed by atoms with Crippen molar-refractivity contribution in [2.45, 2.75) is 6.92 Å². The molecule has 0 aliphatic carbocycles. The average molecular weight is 222 g/mol. The molecule has 7 heavy (non-hydrogen) atoms. The number of ketones is 1. The van der Waals surface area contributed by atoms with E-state index >= 15 is 0 Å². The summed E-state index contributed by atoms with van der Waals surface area (Å²) in [7, 11) is 0. The molecular formula is C3H5F2IO.